The van der Waals surface area contributed by atoms with Crippen LogP contribution in [-0.4, -0.2) is 41.6 Å². The van der Waals surface area contributed by atoms with Gasteiger partial charge in [0.1, 0.15) is 6.10 Å². The molecule has 1 fully saturated rings. The van der Waals surface area contributed by atoms with E-state index < -0.39 is 36.5 Å². The summed E-state index contributed by atoms with van der Waals surface area (Å²) in [5.74, 6) is -0.942. The Kier molecular flexibility index (Phi) is 4.26. The van der Waals surface area contributed by atoms with E-state index in [0.29, 0.717) is 0 Å². The number of hydrogen-bond donors (Lipinski definition) is 1. The molecule has 1 rings (SSSR count). The van der Waals surface area contributed by atoms with Crippen LogP contribution in [0.2, 0.25) is 0 Å². The summed E-state index contributed by atoms with van der Waals surface area (Å²) in [6.07, 6.45) is -2.67. The first-order chi connectivity index (χ1) is 7.40. The standard InChI is InChI=1S/C10H16O6/c1-5-8(15-6(2)11)4-9(10(13)14-5)16-7(3)12/h5,8-10,13H,4H2,1-3H3/t5-,8-,9-,10?/m1/s1. The lowest BCUT2D eigenvalue weighted by atomic mass is 10.0. The van der Waals surface area contributed by atoms with Crippen molar-refractivity contribution in [2.24, 2.45) is 0 Å². The van der Waals surface area contributed by atoms with Gasteiger partial charge in [0.15, 0.2) is 12.4 Å². The third kappa shape index (κ3) is 3.46. The Hall–Kier alpha value is -1.14. The van der Waals surface area contributed by atoms with Crippen LogP contribution < -0.4 is 0 Å². The number of carbonyl (C=O) groups is 2. The Balaban J connectivity index is 2.60. The molecule has 4 atom stereocenters. The molecule has 0 aromatic rings. The maximum absolute atomic E-state index is 10.8. The van der Waals surface area contributed by atoms with Gasteiger partial charge in [0.25, 0.3) is 0 Å². The van der Waals surface area contributed by atoms with E-state index in [2.05, 4.69) is 0 Å². The topological polar surface area (TPSA) is 82.1 Å². The molecule has 1 N–H and O–H groups in total. The van der Waals surface area contributed by atoms with Gasteiger partial charge in [-0.2, -0.15) is 0 Å². The second kappa shape index (κ2) is 5.27. The van der Waals surface area contributed by atoms with Crippen molar-refractivity contribution in [2.75, 3.05) is 0 Å². The molecular formula is C10H16O6. The zero-order chi connectivity index (χ0) is 12.3. The van der Waals surface area contributed by atoms with E-state index in [0.717, 1.165) is 0 Å². The van der Waals surface area contributed by atoms with Crippen molar-refractivity contribution in [3.63, 3.8) is 0 Å². The van der Waals surface area contributed by atoms with E-state index in [1.165, 1.54) is 13.8 Å². The van der Waals surface area contributed by atoms with Crippen LogP contribution >= 0.6 is 0 Å². The molecule has 0 amide bonds. The van der Waals surface area contributed by atoms with Crippen molar-refractivity contribution < 1.29 is 28.9 Å². The van der Waals surface area contributed by atoms with Crippen molar-refractivity contribution in [2.45, 2.75) is 51.8 Å². The zero-order valence-electron chi connectivity index (χ0n) is 9.50. The van der Waals surface area contributed by atoms with Gasteiger partial charge in [0, 0.05) is 20.3 Å². The van der Waals surface area contributed by atoms with E-state index in [9.17, 15) is 14.7 Å². The summed E-state index contributed by atoms with van der Waals surface area (Å²) >= 11 is 0. The van der Waals surface area contributed by atoms with Crippen LogP contribution in [-0.2, 0) is 23.8 Å². The van der Waals surface area contributed by atoms with Gasteiger partial charge in [-0.05, 0) is 6.92 Å². The van der Waals surface area contributed by atoms with Crippen molar-refractivity contribution >= 4 is 11.9 Å². The lowest BCUT2D eigenvalue weighted by Gasteiger charge is -2.36. The first-order valence-electron chi connectivity index (χ1n) is 5.08. The third-order valence-electron chi connectivity index (χ3n) is 2.29. The number of esters is 2. The third-order valence-corrected chi connectivity index (χ3v) is 2.29. The van der Waals surface area contributed by atoms with Crippen LogP contribution in [0.5, 0.6) is 0 Å². The molecule has 0 bridgehead atoms. The van der Waals surface area contributed by atoms with Gasteiger partial charge in [-0.1, -0.05) is 0 Å². The van der Waals surface area contributed by atoms with Gasteiger partial charge in [-0.3, -0.25) is 9.59 Å². The first kappa shape index (κ1) is 12.9. The molecular weight excluding hydrogens is 216 g/mol. The van der Waals surface area contributed by atoms with Crippen LogP contribution in [0, 0.1) is 0 Å². The fourth-order valence-corrected chi connectivity index (χ4v) is 1.61. The van der Waals surface area contributed by atoms with Crippen molar-refractivity contribution in [3.05, 3.63) is 0 Å². The van der Waals surface area contributed by atoms with Gasteiger partial charge in [-0.25, -0.2) is 0 Å². The highest BCUT2D eigenvalue weighted by Crippen LogP contribution is 2.23. The molecule has 0 aliphatic carbocycles. The molecule has 0 radical (unpaired) electrons. The van der Waals surface area contributed by atoms with Gasteiger partial charge in [0.2, 0.25) is 0 Å². The Labute approximate surface area is 93.5 Å². The summed E-state index contributed by atoms with van der Waals surface area (Å²) in [6.45, 7) is 4.21. The predicted molar refractivity (Wildman–Crippen MR) is 52.3 cm³/mol. The lowest BCUT2D eigenvalue weighted by Crippen LogP contribution is -2.49. The molecule has 6 heteroatoms. The van der Waals surface area contributed by atoms with Gasteiger partial charge < -0.3 is 19.3 Å². The molecule has 6 nitrogen and oxygen atoms in total. The van der Waals surface area contributed by atoms with Crippen molar-refractivity contribution in [1.29, 1.82) is 0 Å². The SMILES string of the molecule is CC(=O)O[C@@H]1C[C@@H](OC(C)=O)[C@@H](C)OC1O. The molecule has 1 saturated heterocycles. The highest BCUT2D eigenvalue weighted by atomic mass is 16.7. The summed E-state index contributed by atoms with van der Waals surface area (Å²) in [4.78, 5) is 21.6. The van der Waals surface area contributed by atoms with Crippen LogP contribution in [0.1, 0.15) is 27.2 Å². The molecule has 0 aromatic heterocycles. The summed E-state index contributed by atoms with van der Waals surface area (Å²) in [7, 11) is 0. The second-order valence-corrected chi connectivity index (χ2v) is 3.76. The monoisotopic (exact) mass is 232 g/mol. The molecule has 16 heavy (non-hydrogen) atoms. The lowest BCUT2D eigenvalue weighted by molar-refractivity contribution is -0.252. The van der Waals surface area contributed by atoms with Gasteiger partial charge >= 0.3 is 11.9 Å². The van der Waals surface area contributed by atoms with Gasteiger partial charge in [0.05, 0.1) is 6.10 Å². The fraction of sp³-hybridized carbons (Fsp3) is 0.800. The number of rotatable bonds is 2. The normalized spacial score (nSPS) is 34.2. The number of aliphatic hydroxyl groups excluding tert-OH is 1. The van der Waals surface area contributed by atoms with Crippen LogP contribution in [0.15, 0.2) is 0 Å². The molecule has 0 spiro atoms. The van der Waals surface area contributed by atoms with Crippen LogP contribution in [0.3, 0.4) is 0 Å². The van der Waals surface area contributed by atoms with Crippen LogP contribution in [0.4, 0.5) is 0 Å². The highest BCUT2D eigenvalue weighted by Gasteiger charge is 2.38. The largest absolute Gasteiger partial charge is 0.460 e. The van der Waals surface area contributed by atoms with Crippen molar-refractivity contribution in [1.82, 2.24) is 0 Å². The molecule has 0 aromatic carbocycles. The molecule has 0 saturated carbocycles. The summed E-state index contributed by atoms with van der Waals surface area (Å²) in [5.41, 5.74) is 0. The maximum atomic E-state index is 10.8. The van der Waals surface area contributed by atoms with E-state index in [1.54, 1.807) is 6.92 Å². The minimum atomic E-state index is -1.18. The number of carbonyl (C=O) groups excluding carboxylic acids is 2. The summed E-state index contributed by atoms with van der Waals surface area (Å²) < 4.78 is 15.0. The average molecular weight is 232 g/mol. The maximum Gasteiger partial charge on any atom is 0.303 e. The van der Waals surface area contributed by atoms with Gasteiger partial charge in [-0.15, -0.1) is 0 Å². The van der Waals surface area contributed by atoms with E-state index in [1.807, 2.05) is 0 Å². The molecule has 92 valence electrons. The average Bonchev–Trinajstić information content (AvgIpc) is 2.11. The second-order valence-electron chi connectivity index (χ2n) is 3.76. The minimum Gasteiger partial charge on any atom is -0.460 e. The van der Waals surface area contributed by atoms with Crippen LogP contribution in [0.25, 0.3) is 0 Å². The van der Waals surface area contributed by atoms with E-state index in [-0.39, 0.29) is 6.42 Å². The Morgan fingerprint density at radius 1 is 1.19 bits per heavy atom. The fourth-order valence-electron chi connectivity index (χ4n) is 1.61. The smallest absolute Gasteiger partial charge is 0.303 e. The summed E-state index contributed by atoms with van der Waals surface area (Å²) in [5, 5.41) is 9.50. The first-order valence-corrected chi connectivity index (χ1v) is 5.08. The number of ether oxygens (including phenoxy) is 3. The predicted octanol–water partition coefficient (Wildman–Crippen LogP) is -0.0230. The molecule has 1 aliphatic heterocycles. The molecule has 1 heterocycles. The minimum absolute atomic E-state index is 0.238. The quantitative estimate of drug-likeness (QED) is 0.674. The highest BCUT2D eigenvalue weighted by molar-refractivity contribution is 5.66. The Morgan fingerprint density at radius 2 is 1.69 bits per heavy atom. The van der Waals surface area contributed by atoms with Crippen molar-refractivity contribution in [3.8, 4) is 0 Å². The Bertz CT molecular complexity index is 250. The Morgan fingerprint density at radius 3 is 2.19 bits per heavy atom. The van der Waals surface area contributed by atoms with E-state index in [4.69, 9.17) is 14.2 Å². The number of hydrogen-bond acceptors (Lipinski definition) is 6. The zero-order valence-corrected chi connectivity index (χ0v) is 9.50. The molecule has 1 aliphatic rings. The number of aliphatic hydroxyl groups is 1. The summed E-state index contributed by atoms with van der Waals surface area (Å²) in [6, 6.07) is 0. The molecule has 1 unspecified atom stereocenters. The van der Waals surface area contributed by atoms with E-state index >= 15 is 0 Å².